The van der Waals surface area contributed by atoms with Crippen molar-refractivity contribution in [1.82, 2.24) is 5.32 Å². The Morgan fingerprint density at radius 1 is 0.885 bits per heavy atom. The summed E-state index contributed by atoms with van der Waals surface area (Å²) in [5.41, 5.74) is 2.70. The lowest BCUT2D eigenvalue weighted by atomic mass is 9.87. The fourth-order valence-corrected chi connectivity index (χ4v) is 2.99. The zero-order chi connectivity index (χ0) is 18.7. The molecule has 0 aliphatic carbocycles. The van der Waals surface area contributed by atoms with E-state index in [0.29, 0.717) is 5.56 Å². The Hall–Kier alpha value is -2.72. The van der Waals surface area contributed by atoms with E-state index in [1.54, 1.807) is 0 Å². The van der Waals surface area contributed by atoms with Crippen molar-refractivity contribution in [2.24, 2.45) is 0 Å². The number of carbonyl (C=O) groups excluding carboxylic acids is 1. The second-order valence-corrected chi connectivity index (χ2v) is 7.67. The SMILES string of the molecule is CC(C)(C)c1ccc(C(=O)NC(=S)Nc2cccc3ccccc23)cc1. The maximum absolute atomic E-state index is 12.4. The van der Waals surface area contributed by atoms with Crippen molar-refractivity contribution in [1.29, 1.82) is 0 Å². The first-order chi connectivity index (χ1) is 12.3. The molecule has 0 saturated heterocycles. The molecule has 0 saturated carbocycles. The first-order valence-electron chi connectivity index (χ1n) is 8.55. The van der Waals surface area contributed by atoms with Crippen molar-refractivity contribution in [3.63, 3.8) is 0 Å². The third kappa shape index (κ3) is 4.09. The van der Waals surface area contributed by atoms with E-state index in [0.717, 1.165) is 16.5 Å². The predicted octanol–water partition coefficient (Wildman–Crippen LogP) is 5.26. The van der Waals surface area contributed by atoms with Gasteiger partial charge in [-0.25, -0.2) is 0 Å². The highest BCUT2D eigenvalue weighted by Crippen LogP contribution is 2.23. The van der Waals surface area contributed by atoms with Crippen LogP contribution in [0.5, 0.6) is 0 Å². The van der Waals surface area contributed by atoms with E-state index in [4.69, 9.17) is 12.2 Å². The minimum Gasteiger partial charge on any atom is -0.332 e. The average Bonchev–Trinajstić information content (AvgIpc) is 2.61. The van der Waals surface area contributed by atoms with Gasteiger partial charge < -0.3 is 5.32 Å². The number of fused-ring (bicyclic) bond motifs is 1. The maximum atomic E-state index is 12.4. The zero-order valence-electron chi connectivity index (χ0n) is 15.2. The summed E-state index contributed by atoms with van der Waals surface area (Å²) in [7, 11) is 0. The molecule has 4 heteroatoms. The standard InChI is InChI=1S/C22H22N2OS/c1-22(2,3)17-13-11-16(12-14-17)20(25)24-21(26)23-19-10-6-8-15-7-4-5-9-18(15)19/h4-14H,1-3H3,(H2,23,24,25,26). The Balaban J connectivity index is 1.70. The van der Waals surface area contributed by atoms with Crippen LogP contribution in [0.15, 0.2) is 66.7 Å². The molecule has 0 heterocycles. The van der Waals surface area contributed by atoms with Crippen molar-refractivity contribution in [3.05, 3.63) is 77.9 Å². The lowest BCUT2D eigenvalue weighted by Crippen LogP contribution is -2.34. The molecular weight excluding hydrogens is 340 g/mol. The van der Waals surface area contributed by atoms with Crippen LogP contribution in [0.1, 0.15) is 36.7 Å². The number of anilines is 1. The topological polar surface area (TPSA) is 41.1 Å². The Morgan fingerprint density at radius 2 is 1.54 bits per heavy atom. The Labute approximate surface area is 159 Å². The molecule has 3 rings (SSSR count). The van der Waals surface area contributed by atoms with E-state index < -0.39 is 0 Å². The van der Waals surface area contributed by atoms with Gasteiger partial charge in [-0.1, -0.05) is 69.3 Å². The predicted molar refractivity (Wildman–Crippen MR) is 113 cm³/mol. The highest BCUT2D eigenvalue weighted by molar-refractivity contribution is 7.80. The summed E-state index contributed by atoms with van der Waals surface area (Å²) in [5.74, 6) is -0.219. The normalized spacial score (nSPS) is 11.2. The summed E-state index contributed by atoms with van der Waals surface area (Å²) in [6, 6.07) is 21.6. The number of amides is 1. The van der Waals surface area contributed by atoms with Crippen LogP contribution in [-0.2, 0) is 5.41 Å². The van der Waals surface area contributed by atoms with Crippen molar-refractivity contribution in [2.45, 2.75) is 26.2 Å². The lowest BCUT2D eigenvalue weighted by molar-refractivity contribution is 0.0977. The van der Waals surface area contributed by atoms with Crippen LogP contribution in [-0.4, -0.2) is 11.0 Å². The Bertz CT molecular complexity index is 951. The maximum Gasteiger partial charge on any atom is 0.257 e. The second kappa shape index (κ2) is 7.26. The monoisotopic (exact) mass is 362 g/mol. The van der Waals surface area contributed by atoms with Gasteiger partial charge in [0.05, 0.1) is 0 Å². The molecule has 0 spiro atoms. The molecule has 0 fully saturated rings. The van der Waals surface area contributed by atoms with Crippen LogP contribution in [0.3, 0.4) is 0 Å². The Kier molecular flexibility index (Phi) is 5.05. The zero-order valence-corrected chi connectivity index (χ0v) is 16.0. The van der Waals surface area contributed by atoms with Gasteiger partial charge in [-0.15, -0.1) is 0 Å². The molecule has 3 nitrogen and oxygen atoms in total. The Morgan fingerprint density at radius 3 is 2.23 bits per heavy atom. The van der Waals surface area contributed by atoms with E-state index in [9.17, 15) is 4.79 Å². The van der Waals surface area contributed by atoms with Crippen molar-refractivity contribution >= 4 is 39.7 Å². The first-order valence-corrected chi connectivity index (χ1v) is 8.96. The van der Waals surface area contributed by atoms with Crippen LogP contribution in [0.2, 0.25) is 0 Å². The first kappa shape index (κ1) is 18.1. The van der Waals surface area contributed by atoms with Crippen LogP contribution in [0.25, 0.3) is 10.8 Å². The summed E-state index contributed by atoms with van der Waals surface area (Å²) in [5, 5.41) is 8.33. The second-order valence-electron chi connectivity index (χ2n) is 7.26. The smallest absolute Gasteiger partial charge is 0.257 e. The summed E-state index contributed by atoms with van der Waals surface area (Å²) in [6.45, 7) is 6.43. The molecule has 3 aromatic rings. The van der Waals surface area contributed by atoms with Gasteiger partial charge >= 0.3 is 0 Å². The van der Waals surface area contributed by atoms with Crippen molar-refractivity contribution in [3.8, 4) is 0 Å². The average molecular weight is 362 g/mol. The van der Waals surface area contributed by atoms with E-state index in [1.807, 2.05) is 66.7 Å². The fraction of sp³-hybridized carbons (Fsp3) is 0.182. The molecule has 0 aliphatic rings. The van der Waals surface area contributed by atoms with Gasteiger partial charge in [-0.2, -0.15) is 0 Å². The molecular formula is C22H22N2OS. The number of hydrogen-bond acceptors (Lipinski definition) is 2. The van der Waals surface area contributed by atoms with E-state index in [2.05, 4.69) is 31.4 Å². The van der Waals surface area contributed by atoms with E-state index in [-0.39, 0.29) is 16.4 Å². The summed E-state index contributed by atoms with van der Waals surface area (Å²) < 4.78 is 0. The van der Waals surface area contributed by atoms with Gasteiger partial charge in [0.2, 0.25) is 0 Å². The molecule has 0 atom stereocenters. The van der Waals surface area contributed by atoms with Crippen molar-refractivity contribution in [2.75, 3.05) is 5.32 Å². The summed E-state index contributed by atoms with van der Waals surface area (Å²) >= 11 is 5.32. The van der Waals surface area contributed by atoms with Gasteiger partial charge in [0.1, 0.15) is 0 Å². The molecule has 0 unspecified atom stereocenters. The van der Waals surface area contributed by atoms with Gasteiger partial charge in [0.25, 0.3) is 5.91 Å². The third-order valence-corrected chi connectivity index (χ3v) is 4.48. The number of nitrogens with one attached hydrogen (secondary N) is 2. The highest BCUT2D eigenvalue weighted by atomic mass is 32.1. The van der Waals surface area contributed by atoms with Crippen molar-refractivity contribution < 1.29 is 4.79 Å². The molecule has 2 N–H and O–H groups in total. The molecule has 0 radical (unpaired) electrons. The molecule has 0 aromatic heterocycles. The van der Waals surface area contributed by atoms with Gasteiger partial charge in [0.15, 0.2) is 5.11 Å². The van der Waals surface area contributed by atoms with Gasteiger partial charge in [-0.05, 0) is 46.8 Å². The molecule has 0 aliphatic heterocycles. The van der Waals surface area contributed by atoms with Crippen LogP contribution in [0, 0.1) is 0 Å². The number of rotatable bonds is 2. The minimum absolute atomic E-state index is 0.0558. The lowest BCUT2D eigenvalue weighted by Gasteiger charge is -2.19. The van der Waals surface area contributed by atoms with Gasteiger partial charge in [0, 0.05) is 16.6 Å². The fourth-order valence-electron chi connectivity index (χ4n) is 2.78. The van der Waals surface area contributed by atoms with E-state index >= 15 is 0 Å². The molecule has 0 bridgehead atoms. The number of thiocarbonyl (C=S) groups is 1. The molecule has 26 heavy (non-hydrogen) atoms. The molecule has 132 valence electrons. The largest absolute Gasteiger partial charge is 0.332 e. The number of carbonyl (C=O) groups is 1. The molecule has 3 aromatic carbocycles. The quantitative estimate of drug-likeness (QED) is 0.611. The van der Waals surface area contributed by atoms with Gasteiger partial charge in [-0.3, -0.25) is 10.1 Å². The number of benzene rings is 3. The van der Waals surface area contributed by atoms with E-state index in [1.165, 1.54) is 5.56 Å². The summed E-state index contributed by atoms with van der Waals surface area (Å²) in [6.07, 6.45) is 0. The minimum atomic E-state index is -0.219. The van der Waals surface area contributed by atoms with Crippen LogP contribution >= 0.6 is 12.2 Å². The molecule has 1 amide bonds. The van der Waals surface area contributed by atoms with Crippen LogP contribution in [0.4, 0.5) is 5.69 Å². The third-order valence-electron chi connectivity index (χ3n) is 4.28. The number of hydrogen-bond donors (Lipinski definition) is 2. The van der Waals surface area contributed by atoms with Crippen LogP contribution < -0.4 is 10.6 Å². The summed E-state index contributed by atoms with van der Waals surface area (Å²) in [4.78, 5) is 12.4. The highest BCUT2D eigenvalue weighted by Gasteiger charge is 2.15.